The van der Waals surface area contributed by atoms with Crippen LogP contribution in [0.25, 0.3) is 10.2 Å². The van der Waals surface area contributed by atoms with Gasteiger partial charge in [-0.1, -0.05) is 0 Å². The number of carboxylic acid groups (broad SMARTS) is 1. The Morgan fingerprint density at radius 3 is 2.95 bits per heavy atom. The third-order valence-electron chi connectivity index (χ3n) is 3.03. The van der Waals surface area contributed by atoms with Gasteiger partial charge >= 0.3 is 5.97 Å². The van der Waals surface area contributed by atoms with Crippen molar-refractivity contribution in [1.29, 1.82) is 0 Å². The number of hydrogen-bond acceptors (Lipinski definition) is 6. The lowest BCUT2D eigenvalue weighted by molar-refractivity contribution is 0.0701. The number of aromatic nitrogens is 2. The molecular formula is C13H10BrN3O2S2. The Kier molecular flexibility index (Phi) is 3.92. The Bertz CT molecular complexity index is 828. The lowest BCUT2D eigenvalue weighted by atomic mass is 10.2. The maximum Gasteiger partial charge on any atom is 0.346 e. The lowest BCUT2D eigenvalue weighted by Crippen LogP contribution is -2.02. The Labute approximate surface area is 136 Å². The van der Waals surface area contributed by atoms with E-state index in [1.165, 1.54) is 17.7 Å². The highest BCUT2D eigenvalue weighted by Crippen LogP contribution is 2.33. The number of nitrogens with one attached hydrogen (secondary N) is 1. The number of carboxylic acids is 1. The predicted octanol–water partition coefficient (Wildman–Crippen LogP) is 4.13. The molecule has 0 spiro atoms. The highest BCUT2D eigenvalue weighted by Gasteiger charge is 2.18. The van der Waals surface area contributed by atoms with Crippen molar-refractivity contribution in [2.24, 2.45) is 0 Å². The number of anilines is 1. The van der Waals surface area contributed by atoms with E-state index in [1.807, 2.05) is 11.4 Å². The van der Waals surface area contributed by atoms with Crippen LogP contribution >= 0.6 is 38.6 Å². The van der Waals surface area contributed by atoms with Gasteiger partial charge in [-0.2, -0.15) is 0 Å². The van der Waals surface area contributed by atoms with Crippen molar-refractivity contribution < 1.29 is 9.90 Å². The van der Waals surface area contributed by atoms with Crippen LogP contribution < -0.4 is 5.32 Å². The van der Waals surface area contributed by atoms with Crippen LogP contribution in [0.4, 0.5) is 5.82 Å². The maximum atomic E-state index is 11.2. The first-order valence-corrected chi connectivity index (χ1v) is 8.50. The molecule has 21 heavy (non-hydrogen) atoms. The topological polar surface area (TPSA) is 75.1 Å². The van der Waals surface area contributed by atoms with E-state index in [1.54, 1.807) is 18.3 Å². The molecule has 0 unspecified atom stereocenters. The van der Waals surface area contributed by atoms with Gasteiger partial charge in [0.05, 0.1) is 11.9 Å². The minimum absolute atomic E-state index is 0.311. The van der Waals surface area contributed by atoms with Crippen molar-refractivity contribution in [3.63, 3.8) is 0 Å². The van der Waals surface area contributed by atoms with E-state index < -0.39 is 5.97 Å². The fraction of sp³-hybridized carbons (Fsp3) is 0.154. The first-order chi connectivity index (χ1) is 10.1. The average molecular weight is 384 g/mol. The molecule has 0 atom stereocenters. The van der Waals surface area contributed by atoms with E-state index in [4.69, 9.17) is 0 Å². The highest BCUT2D eigenvalue weighted by atomic mass is 79.9. The third kappa shape index (κ3) is 2.66. The standard InChI is InChI=1S/C13H10BrN3O2S2/c1-6-9-11(15-4-8-7(14)2-3-20-8)16-5-17-12(9)21-10(6)13(18)19/h2-3,5H,4H2,1H3,(H,18,19)(H,15,16,17). The van der Waals surface area contributed by atoms with E-state index in [0.29, 0.717) is 27.6 Å². The zero-order chi connectivity index (χ0) is 15.0. The lowest BCUT2D eigenvalue weighted by Gasteiger charge is -2.06. The molecule has 0 aliphatic heterocycles. The van der Waals surface area contributed by atoms with Gasteiger partial charge < -0.3 is 10.4 Å². The first kappa shape index (κ1) is 14.4. The summed E-state index contributed by atoms with van der Waals surface area (Å²) in [5.74, 6) is -0.260. The average Bonchev–Trinajstić information content (AvgIpc) is 3.01. The SMILES string of the molecule is Cc1c(C(=O)O)sc2ncnc(NCc3sccc3Br)c12. The zero-order valence-electron chi connectivity index (χ0n) is 10.9. The molecule has 0 aliphatic rings. The number of nitrogens with zero attached hydrogens (tertiary/aromatic N) is 2. The van der Waals surface area contributed by atoms with Gasteiger partial charge in [-0.25, -0.2) is 14.8 Å². The van der Waals surface area contributed by atoms with Gasteiger partial charge in [-0.3, -0.25) is 0 Å². The summed E-state index contributed by atoms with van der Waals surface area (Å²) in [7, 11) is 0. The van der Waals surface area contributed by atoms with Crippen molar-refractivity contribution in [1.82, 2.24) is 9.97 Å². The van der Waals surface area contributed by atoms with Crippen molar-refractivity contribution in [2.45, 2.75) is 13.5 Å². The van der Waals surface area contributed by atoms with Gasteiger partial charge in [0.15, 0.2) is 0 Å². The molecule has 0 saturated carbocycles. The molecular weight excluding hydrogens is 374 g/mol. The van der Waals surface area contributed by atoms with Gasteiger partial charge in [0.2, 0.25) is 0 Å². The Morgan fingerprint density at radius 1 is 1.48 bits per heavy atom. The molecule has 0 fully saturated rings. The summed E-state index contributed by atoms with van der Waals surface area (Å²) in [6, 6.07) is 2.00. The fourth-order valence-corrected chi connectivity index (χ4v) is 4.44. The zero-order valence-corrected chi connectivity index (χ0v) is 14.1. The highest BCUT2D eigenvalue weighted by molar-refractivity contribution is 9.10. The normalized spacial score (nSPS) is 11.0. The summed E-state index contributed by atoms with van der Waals surface area (Å²) in [5.41, 5.74) is 0.704. The minimum Gasteiger partial charge on any atom is -0.477 e. The number of halogens is 1. The summed E-state index contributed by atoms with van der Waals surface area (Å²) >= 11 is 6.31. The van der Waals surface area contributed by atoms with Crippen molar-refractivity contribution in [3.8, 4) is 0 Å². The van der Waals surface area contributed by atoms with Gasteiger partial charge in [0, 0.05) is 9.35 Å². The second-order valence-corrected chi connectivity index (χ2v) is 7.16. The van der Waals surface area contributed by atoms with Crippen molar-refractivity contribution >= 4 is 60.6 Å². The van der Waals surface area contributed by atoms with Gasteiger partial charge in [0.25, 0.3) is 0 Å². The number of rotatable bonds is 4. The molecule has 3 heterocycles. The van der Waals surface area contributed by atoms with E-state index in [9.17, 15) is 9.90 Å². The van der Waals surface area contributed by atoms with Crippen LogP contribution in [0, 0.1) is 6.92 Å². The van der Waals surface area contributed by atoms with Crippen LogP contribution in [0.5, 0.6) is 0 Å². The van der Waals surface area contributed by atoms with E-state index in [0.717, 1.165) is 14.7 Å². The van der Waals surface area contributed by atoms with Crippen LogP contribution in [0.2, 0.25) is 0 Å². The number of aromatic carboxylic acids is 1. The predicted molar refractivity (Wildman–Crippen MR) is 88.5 cm³/mol. The van der Waals surface area contributed by atoms with Crippen LogP contribution in [-0.2, 0) is 6.54 Å². The van der Waals surface area contributed by atoms with Crippen LogP contribution in [0.15, 0.2) is 22.2 Å². The number of fused-ring (bicyclic) bond motifs is 1. The van der Waals surface area contributed by atoms with Crippen LogP contribution in [0.1, 0.15) is 20.1 Å². The maximum absolute atomic E-state index is 11.2. The molecule has 0 saturated heterocycles. The summed E-state index contributed by atoms with van der Waals surface area (Å²) in [5, 5.41) is 15.3. The molecule has 2 N–H and O–H groups in total. The fourth-order valence-electron chi connectivity index (χ4n) is 2.02. The van der Waals surface area contributed by atoms with Gasteiger partial charge in [-0.05, 0) is 39.9 Å². The molecule has 0 radical (unpaired) electrons. The monoisotopic (exact) mass is 383 g/mol. The van der Waals surface area contributed by atoms with E-state index in [-0.39, 0.29) is 0 Å². The summed E-state index contributed by atoms with van der Waals surface area (Å²) in [6.45, 7) is 2.42. The first-order valence-electron chi connectivity index (χ1n) is 6.01. The molecule has 0 bridgehead atoms. The summed E-state index contributed by atoms with van der Waals surface area (Å²) < 4.78 is 1.05. The minimum atomic E-state index is -0.928. The van der Waals surface area contributed by atoms with E-state index >= 15 is 0 Å². The molecule has 5 nitrogen and oxygen atoms in total. The second-order valence-electron chi connectivity index (χ2n) is 4.31. The summed E-state index contributed by atoms with van der Waals surface area (Å²) in [6.07, 6.45) is 1.45. The van der Waals surface area contributed by atoms with Crippen LogP contribution in [-0.4, -0.2) is 21.0 Å². The van der Waals surface area contributed by atoms with Crippen molar-refractivity contribution in [2.75, 3.05) is 5.32 Å². The van der Waals surface area contributed by atoms with Gasteiger partial charge in [0.1, 0.15) is 21.9 Å². The number of aryl methyl sites for hydroxylation is 1. The Balaban J connectivity index is 1.99. The number of carbonyl (C=O) groups is 1. The third-order valence-corrected chi connectivity index (χ3v) is 6.14. The van der Waals surface area contributed by atoms with E-state index in [2.05, 4.69) is 31.2 Å². The smallest absolute Gasteiger partial charge is 0.346 e. The Morgan fingerprint density at radius 2 is 2.29 bits per heavy atom. The number of thiophene rings is 2. The molecule has 0 amide bonds. The molecule has 0 aromatic carbocycles. The molecule has 0 aliphatic carbocycles. The quantitative estimate of drug-likeness (QED) is 0.707. The molecule has 3 aromatic rings. The summed E-state index contributed by atoms with van der Waals surface area (Å²) in [4.78, 5) is 21.8. The largest absolute Gasteiger partial charge is 0.477 e. The molecule has 3 rings (SSSR count). The van der Waals surface area contributed by atoms with Gasteiger partial charge in [-0.15, -0.1) is 22.7 Å². The van der Waals surface area contributed by atoms with Crippen LogP contribution in [0.3, 0.4) is 0 Å². The van der Waals surface area contributed by atoms with Crippen molar-refractivity contribution in [3.05, 3.63) is 37.6 Å². The Hall–Kier alpha value is -1.51. The molecule has 3 aromatic heterocycles. The molecule has 8 heteroatoms. The molecule has 108 valence electrons. The number of hydrogen-bond donors (Lipinski definition) is 2. The second kappa shape index (κ2) is 5.70.